The Morgan fingerprint density at radius 2 is 1.88 bits per heavy atom. The summed E-state index contributed by atoms with van der Waals surface area (Å²) in [6.45, 7) is 0.825. The molecule has 0 bridgehead atoms. The lowest BCUT2D eigenvalue weighted by Crippen LogP contribution is -2.06. The molecule has 0 radical (unpaired) electrons. The number of aromatic nitrogens is 2. The zero-order valence-corrected chi connectivity index (χ0v) is 15.1. The van der Waals surface area contributed by atoms with Crippen LogP contribution in [0.25, 0.3) is 11.0 Å². The SMILES string of the molecule is COc1ccc(Cc2nc3ccc(Cl)cc3n2CCCO)cc1OC. The molecule has 0 aliphatic carbocycles. The van der Waals surface area contributed by atoms with Crippen molar-refractivity contribution in [1.82, 2.24) is 9.55 Å². The molecule has 1 heterocycles. The van der Waals surface area contributed by atoms with Crippen molar-refractivity contribution in [3.63, 3.8) is 0 Å². The third kappa shape index (κ3) is 3.72. The van der Waals surface area contributed by atoms with Gasteiger partial charge >= 0.3 is 0 Å². The Morgan fingerprint density at radius 3 is 2.60 bits per heavy atom. The van der Waals surface area contributed by atoms with E-state index in [0.29, 0.717) is 35.9 Å². The number of imidazole rings is 1. The molecule has 3 aromatic rings. The number of ether oxygens (including phenoxy) is 2. The highest BCUT2D eigenvalue weighted by atomic mass is 35.5. The average molecular weight is 361 g/mol. The molecular formula is C19H21ClN2O3. The smallest absolute Gasteiger partial charge is 0.161 e. The normalized spacial score (nSPS) is 11.0. The van der Waals surface area contributed by atoms with Gasteiger partial charge in [0.1, 0.15) is 5.82 Å². The minimum atomic E-state index is 0.135. The van der Waals surface area contributed by atoms with Gasteiger partial charge < -0.3 is 19.1 Å². The van der Waals surface area contributed by atoms with Crippen LogP contribution in [0.4, 0.5) is 0 Å². The van der Waals surface area contributed by atoms with Crippen LogP contribution in [-0.4, -0.2) is 35.5 Å². The second-order valence-corrected chi connectivity index (χ2v) is 6.19. The minimum Gasteiger partial charge on any atom is -0.493 e. The summed E-state index contributed by atoms with van der Waals surface area (Å²) in [6, 6.07) is 11.5. The maximum atomic E-state index is 9.21. The molecule has 0 aliphatic rings. The van der Waals surface area contributed by atoms with Crippen molar-refractivity contribution in [2.24, 2.45) is 0 Å². The molecule has 25 heavy (non-hydrogen) atoms. The van der Waals surface area contributed by atoms with Crippen molar-refractivity contribution in [1.29, 1.82) is 0 Å². The van der Waals surface area contributed by atoms with Gasteiger partial charge in [-0.05, 0) is 42.3 Å². The van der Waals surface area contributed by atoms with E-state index in [0.717, 1.165) is 22.4 Å². The van der Waals surface area contributed by atoms with E-state index in [4.69, 9.17) is 26.1 Å². The lowest BCUT2D eigenvalue weighted by Gasteiger charge is -2.11. The van der Waals surface area contributed by atoms with Gasteiger partial charge in [0.05, 0.1) is 25.3 Å². The third-order valence-corrected chi connectivity index (χ3v) is 4.37. The predicted molar refractivity (Wildman–Crippen MR) is 98.8 cm³/mol. The van der Waals surface area contributed by atoms with Crippen LogP contribution < -0.4 is 9.47 Å². The number of fused-ring (bicyclic) bond motifs is 1. The van der Waals surface area contributed by atoms with Crippen molar-refractivity contribution in [3.05, 3.63) is 52.8 Å². The van der Waals surface area contributed by atoms with Gasteiger partial charge in [-0.1, -0.05) is 17.7 Å². The summed E-state index contributed by atoms with van der Waals surface area (Å²) in [4.78, 5) is 4.75. The first-order valence-electron chi connectivity index (χ1n) is 8.12. The van der Waals surface area contributed by atoms with Crippen LogP contribution in [0.1, 0.15) is 17.8 Å². The van der Waals surface area contributed by atoms with Crippen LogP contribution in [0.3, 0.4) is 0 Å². The fourth-order valence-corrected chi connectivity index (χ4v) is 3.10. The zero-order chi connectivity index (χ0) is 17.8. The van der Waals surface area contributed by atoms with Crippen molar-refractivity contribution in [3.8, 4) is 11.5 Å². The van der Waals surface area contributed by atoms with Crippen molar-refractivity contribution in [2.45, 2.75) is 19.4 Å². The first-order chi connectivity index (χ1) is 12.2. The fourth-order valence-electron chi connectivity index (χ4n) is 2.93. The van der Waals surface area contributed by atoms with Gasteiger partial charge in [-0.3, -0.25) is 0 Å². The molecule has 3 rings (SSSR count). The Balaban J connectivity index is 2.00. The zero-order valence-electron chi connectivity index (χ0n) is 14.3. The van der Waals surface area contributed by atoms with E-state index in [1.165, 1.54) is 0 Å². The highest BCUT2D eigenvalue weighted by molar-refractivity contribution is 6.31. The third-order valence-electron chi connectivity index (χ3n) is 4.14. The molecule has 0 saturated carbocycles. The Morgan fingerprint density at radius 1 is 1.08 bits per heavy atom. The van der Waals surface area contributed by atoms with Crippen LogP contribution in [-0.2, 0) is 13.0 Å². The van der Waals surface area contributed by atoms with Gasteiger partial charge in [0, 0.05) is 24.6 Å². The summed E-state index contributed by atoms with van der Waals surface area (Å²) < 4.78 is 12.8. The number of aliphatic hydroxyl groups excluding tert-OH is 1. The van der Waals surface area contributed by atoms with Crippen molar-refractivity contribution in [2.75, 3.05) is 20.8 Å². The van der Waals surface area contributed by atoms with Gasteiger partial charge in [0.15, 0.2) is 11.5 Å². The standard InChI is InChI=1S/C19H21ClN2O3/c1-24-17-7-4-13(10-18(17)25-2)11-19-21-15-6-5-14(20)12-16(15)22(19)8-3-9-23/h4-7,10,12,23H,3,8-9,11H2,1-2H3. The van der Waals surface area contributed by atoms with Gasteiger partial charge in [-0.2, -0.15) is 0 Å². The highest BCUT2D eigenvalue weighted by Crippen LogP contribution is 2.29. The fraction of sp³-hybridized carbons (Fsp3) is 0.316. The molecule has 2 aromatic carbocycles. The van der Waals surface area contributed by atoms with E-state index in [-0.39, 0.29) is 6.61 Å². The number of hydrogen-bond acceptors (Lipinski definition) is 4. The maximum Gasteiger partial charge on any atom is 0.161 e. The number of halogens is 1. The summed E-state index contributed by atoms with van der Waals surface area (Å²) in [6.07, 6.45) is 1.31. The molecule has 0 spiro atoms. The van der Waals surface area contributed by atoms with Gasteiger partial charge in [-0.15, -0.1) is 0 Å². The molecule has 1 N–H and O–H groups in total. The molecule has 0 aliphatic heterocycles. The summed E-state index contributed by atoms with van der Waals surface area (Å²) >= 11 is 6.15. The van der Waals surface area contributed by atoms with Crippen LogP contribution in [0.5, 0.6) is 11.5 Å². The van der Waals surface area contributed by atoms with Crippen molar-refractivity contribution < 1.29 is 14.6 Å². The molecule has 0 fully saturated rings. The molecular weight excluding hydrogens is 340 g/mol. The molecule has 1 aromatic heterocycles. The van der Waals surface area contributed by atoms with E-state index < -0.39 is 0 Å². The Bertz CT molecular complexity index is 876. The van der Waals surface area contributed by atoms with Crippen LogP contribution >= 0.6 is 11.6 Å². The van der Waals surface area contributed by atoms with Crippen molar-refractivity contribution >= 4 is 22.6 Å². The summed E-state index contributed by atoms with van der Waals surface area (Å²) in [5.41, 5.74) is 2.96. The topological polar surface area (TPSA) is 56.5 Å². The summed E-state index contributed by atoms with van der Waals surface area (Å²) in [5, 5.41) is 9.88. The summed E-state index contributed by atoms with van der Waals surface area (Å²) in [7, 11) is 3.25. The number of hydrogen-bond donors (Lipinski definition) is 1. The number of aryl methyl sites for hydroxylation is 1. The first kappa shape index (κ1) is 17.6. The minimum absolute atomic E-state index is 0.135. The molecule has 6 heteroatoms. The maximum absolute atomic E-state index is 9.21. The molecule has 5 nitrogen and oxygen atoms in total. The first-order valence-corrected chi connectivity index (χ1v) is 8.50. The van der Waals surface area contributed by atoms with E-state index in [1.807, 2.05) is 36.4 Å². The number of benzene rings is 2. The Kier molecular flexibility index (Phi) is 5.46. The highest BCUT2D eigenvalue weighted by Gasteiger charge is 2.13. The lowest BCUT2D eigenvalue weighted by atomic mass is 10.1. The molecule has 0 unspecified atom stereocenters. The molecule has 0 atom stereocenters. The van der Waals surface area contributed by atoms with E-state index >= 15 is 0 Å². The monoisotopic (exact) mass is 360 g/mol. The van der Waals surface area contributed by atoms with E-state index in [2.05, 4.69) is 4.57 Å². The number of aliphatic hydroxyl groups is 1. The summed E-state index contributed by atoms with van der Waals surface area (Å²) in [5.74, 6) is 2.32. The number of rotatable bonds is 7. The van der Waals surface area contributed by atoms with Crippen LogP contribution in [0.2, 0.25) is 5.02 Å². The largest absolute Gasteiger partial charge is 0.493 e. The number of nitrogens with zero attached hydrogens (tertiary/aromatic N) is 2. The van der Waals surface area contributed by atoms with Crippen LogP contribution in [0.15, 0.2) is 36.4 Å². The van der Waals surface area contributed by atoms with Gasteiger partial charge in [0.2, 0.25) is 0 Å². The quantitative estimate of drug-likeness (QED) is 0.698. The average Bonchev–Trinajstić information content (AvgIpc) is 2.96. The molecule has 0 saturated heterocycles. The lowest BCUT2D eigenvalue weighted by molar-refractivity contribution is 0.280. The number of methoxy groups -OCH3 is 2. The van der Waals surface area contributed by atoms with E-state index in [9.17, 15) is 5.11 Å². The Hall–Kier alpha value is -2.24. The predicted octanol–water partition coefficient (Wildman–Crippen LogP) is 3.68. The van der Waals surface area contributed by atoms with Gasteiger partial charge in [0.25, 0.3) is 0 Å². The molecule has 132 valence electrons. The van der Waals surface area contributed by atoms with Crippen LogP contribution in [0, 0.1) is 0 Å². The van der Waals surface area contributed by atoms with E-state index in [1.54, 1.807) is 14.2 Å². The second kappa shape index (κ2) is 7.76. The second-order valence-electron chi connectivity index (χ2n) is 5.76. The molecule has 0 amide bonds. The van der Waals surface area contributed by atoms with Gasteiger partial charge in [-0.25, -0.2) is 4.98 Å². The Labute approximate surface area is 151 Å².